The molecule has 0 unspecified atom stereocenters. The van der Waals surface area contributed by atoms with Crippen molar-refractivity contribution in [2.24, 2.45) is 0 Å². The minimum absolute atomic E-state index is 0.232. The van der Waals surface area contributed by atoms with Crippen molar-refractivity contribution in [3.05, 3.63) is 23.8 Å². The lowest BCUT2D eigenvalue weighted by atomic mass is 9.82. The number of aliphatic hydroxyl groups is 1. The predicted molar refractivity (Wildman–Crippen MR) is 83.1 cm³/mol. The van der Waals surface area contributed by atoms with Gasteiger partial charge in [-0.3, -0.25) is 0 Å². The maximum absolute atomic E-state index is 10.7. The van der Waals surface area contributed by atoms with E-state index in [4.69, 9.17) is 14.2 Å². The van der Waals surface area contributed by atoms with Gasteiger partial charge in [-0.15, -0.1) is 0 Å². The summed E-state index contributed by atoms with van der Waals surface area (Å²) in [6.45, 7) is 6.55. The van der Waals surface area contributed by atoms with Crippen molar-refractivity contribution < 1.29 is 19.3 Å². The molecule has 122 valence electrons. The first-order valence-corrected chi connectivity index (χ1v) is 7.91. The fourth-order valence-corrected chi connectivity index (χ4v) is 3.27. The maximum atomic E-state index is 10.7. The monoisotopic (exact) mass is 307 g/mol. The lowest BCUT2D eigenvalue weighted by molar-refractivity contribution is -0.146. The predicted octanol–water partition coefficient (Wildman–Crippen LogP) is 2.22. The molecule has 0 spiro atoms. The van der Waals surface area contributed by atoms with Crippen LogP contribution in [-0.4, -0.2) is 36.3 Å². The minimum Gasteiger partial charge on any atom is -0.454 e. The van der Waals surface area contributed by atoms with Crippen LogP contribution in [-0.2, 0) is 11.3 Å². The van der Waals surface area contributed by atoms with E-state index in [-0.39, 0.29) is 5.60 Å². The van der Waals surface area contributed by atoms with Crippen molar-refractivity contribution in [1.29, 1.82) is 0 Å². The molecule has 1 aromatic carbocycles. The quantitative estimate of drug-likeness (QED) is 0.817. The molecule has 2 aliphatic rings. The van der Waals surface area contributed by atoms with E-state index in [2.05, 4.69) is 5.32 Å². The fourth-order valence-electron chi connectivity index (χ4n) is 3.27. The Kier molecular flexibility index (Phi) is 4.30. The van der Waals surface area contributed by atoms with Crippen molar-refractivity contribution in [3.63, 3.8) is 0 Å². The molecular formula is C17H25NO4. The van der Waals surface area contributed by atoms with E-state index in [0.717, 1.165) is 36.6 Å². The average Bonchev–Trinajstić information content (AvgIpc) is 2.89. The zero-order chi connectivity index (χ0) is 15.6. The summed E-state index contributed by atoms with van der Waals surface area (Å²) < 4.78 is 16.4. The first-order chi connectivity index (χ1) is 10.5. The Morgan fingerprint density at radius 2 is 2.05 bits per heavy atom. The molecule has 3 rings (SSSR count). The van der Waals surface area contributed by atoms with Crippen LogP contribution >= 0.6 is 0 Å². The summed E-state index contributed by atoms with van der Waals surface area (Å²) >= 11 is 0. The standard InChI is InChI=1S/C17H25NO4/c1-16(2)11-17(19,6-8-22-16)5-7-18-10-13-3-4-14-15(9-13)21-12-20-14/h3-4,9,18-19H,5-8,10-12H2,1-2H3/t17-/m1/s1. The van der Waals surface area contributed by atoms with Crippen molar-refractivity contribution in [1.82, 2.24) is 5.32 Å². The molecule has 2 aliphatic heterocycles. The fraction of sp³-hybridized carbons (Fsp3) is 0.647. The maximum Gasteiger partial charge on any atom is 0.231 e. The number of ether oxygens (including phenoxy) is 3. The Bertz CT molecular complexity index is 531. The molecule has 2 N–H and O–H groups in total. The Morgan fingerprint density at radius 1 is 1.23 bits per heavy atom. The molecule has 0 aliphatic carbocycles. The number of hydrogen-bond donors (Lipinski definition) is 2. The Hall–Kier alpha value is -1.30. The minimum atomic E-state index is -0.621. The summed E-state index contributed by atoms with van der Waals surface area (Å²) in [5.41, 5.74) is 0.303. The number of fused-ring (bicyclic) bond motifs is 1. The van der Waals surface area contributed by atoms with Gasteiger partial charge in [0.25, 0.3) is 0 Å². The van der Waals surface area contributed by atoms with Gasteiger partial charge in [0.15, 0.2) is 11.5 Å². The third-order valence-electron chi connectivity index (χ3n) is 4.35. The molecule has 5 nitrogen and oxygen atoms in total. The summed E-state index contributed by atoms with van der Waals surface area (Å²) in [5, 5.41) is 14.1. The van der Waals surface area contributed by atoms with Crippen molar-refractivity contribution >= 4 is 0 Å². The third kappa shape index (κ3) is 3.72. The van der Waals surface area contributed by atoms with Gasteiger partial charge in [-0.1, -0.05) is 6.07 Å². The summed E-state index contributed by atoms with van der Waals surface area (Å²) in [5.74, 6) is 1.62. The van der Waals surface area contributed by atoms with E-state index in [1.54, 1.807) is 0 Å². The molecule has 1 aromatic rings. The van der Waals surface area contributed by atoms with Gasteiger partial charge in [0.1, 0.15) is 0 Å². The zero-order valence-electron chi connectivity index (χ0n) is 13.4. The van der Waals surface area contributed by atoms with Crippen molar-refractivity contribution in [3.8, 4) is 11.5 Å². The highest BCUT2D eigenvalue weighted by molar-refractivity contribution is 5.44. The van der Waals surface area contributed by atoms with Gasteiger partial charge in [-0.25, -0.2) is 0 Å². The molecular weight excluding hydrogens is 282 g/mol. The molecule has 2 heterocycles. The van der Waals surface area contributed by atoms with Gasteiger partial charge < -0.3 is 24.6 Å². The van der Waals surface area contributed by atoms with Crippen LogP contribution in [0.2, 0.25) is 0 Å². The first-order valence-electron chi connectivity index (χ1n) is 7.91. The van der Waals surface area contributed by atoms with Gasteiger partial charge in [0, 0.05) is 13.0 Å². The molecule has 0 aromatic heterocycles. The normalized spacial score (nSPS) is 26.1. The van der Waals surface area contributed by atoms with E-state index in [0.29, 0.717) is 26.2 Å². The topological polar surface area (TPSA) is 60.0 Å². The van der Waals surface area contributed by atoms with Crippen LogP contribution in [0.5, 0.6) is 11.5 Å². The molecule has 1 fully saturated rings. The molecule has 0 amide bonds. The summed E-state index contributed by atoms with van der Waals surface area (Å²) in [4.78, 5) is 0. The van der Waals surface area contributed by atoms with Crippen molar-refractivity contribution in [2.45, 2.75) is 50.9 Å². The number of benzene rings is 1. The number of rotatable bonds is 5. The number of nitrogens with one attached hydrogen (secondary N) is 1. The molecule has 0 saturated carbocycles. The van der Waals surface area contributed by atoms with Crippen LogP contribution in [0.25, 0.3) is 0 Å². The van der Waals surface area contributed by atoms with Gasteiger partial charge in [0.2, 0.25) is 6.79 Å². The van der Waals surface area contributed by atoms with Crippen LogP contribution in [0, 0.1) is 0 Å². The van der Waals surface area contributed by atoms with E-state index >= 15 is 0 Å². The van der Waals surface area contributed by atoms with E-state index in [9.17, 15) is 5.11 Å². The van der Waals surface area contributed by atoms with E-state index < -0.39 is 5.60 Å². The third-order valence-corrected chi connectivity index (χ3v) is 4.35. The Labute approximate surface area is 131 Å². The Morgan fingerprint density at radius 3 is 2.86 bits per heavy atom. The molecule has 1 atom stereocenters. The molecule has 1 saturated heterocycles. The van der Waals surface area contributed by atoms with E-state index in [1.165, 1.54) is 0 Å². The lowest BCUT2D eigenvalue weighted by Crippen LogP contribution is -2.47. The highest BCUT2D eigenvalue weighted by atomic mass is 16.7. The SMILES string of the molecule is CC1(C)C[C@@](O)(CCNCc2ccc3c(c2)OCO3)CCO1. The van der Waals surface area contributed by atoms with Gasteiger partial charge in [0.05, 0.1) is 17.8 Å². The molecule has 5 heteroatoms. The van der Waals surface area contributed by atoms with Crippen LogP contribution < -0.4 is 14.8 Å². The largest absolute Gasteiger partial charge is 0.454 e. The second-order valence-corrected chi connectivity index (χ2v) is 6.87. The van der Waals surface area contributed by atoms with Gasteiger partial charge in [-0.05, 0) is 50.9 Å². The summed E-state index contributed by atoms with van der Waals surface area (Å²) in [6.07, 6.45) is 2.14. The van der Waals surface area contributed by atoms with E-state index in [1.807, 2.05) is 32.0 Å². The summed E-state index contributed by atoms with van der Waals surface area (Å²) in [7, 11) is 0. The molecule has 0 radical (unpaired) electrons. The number of hydrogen-bond acceptors (Lipinski definition) is 5. The second kappa shape index (κ2) is 6.07. The zero-order valence-corrected chi connectivity index (χ0v) is 13.4. The van der Waals surface area contributed by atoms with Crippen LogP contribution in [0.1, 0.15) is 38.7 Å². The van der Waals surface area contributed by atoms with Crippen molar-refractivity contribution in [2.75, 3.05) is 19.9 Å². The van der Waals surface area contributed by atoms with Crippen LogP contribution in [0.4, 0.5) is 0 Å². The average molecular weight is 307 g/mol. The Balaban J connectivity index is 1.45. The second-order valence-electron chi connectivity index (χ2n) is 6.87. The molecule has 22 heavy (non-hydrogen) atoms. The lowest BCUT2D eigenvalue weighted by Gasteiger charge is -2.41. The van der Waals surface area contributed by atoms with Gasteiger partial charge in [-0.2, -0.15) is 0 Å². The highest BCUT2D eigenvalue weighted by Gasteiger charge is 2.38. The summed E-state index contributed by atoms with van der Waals surface area (Å²) in [6, 6.07) is 5.97. The highest BCUT2D eigenvalue weighted by Crippen LogP contribution is 2.34. The smallest absolute Gasteiger partial charge is 0.231 e. The van der Waals surface area contributed by atoms with Crippen LogP contribution in [0.3, 0.4) is 0 Å². The van der Waals surface area contributed by atoms with Crippen LogP contribution in [0.15, 0.2) is 18.2 Å². The molecule has 0 bridgehead atoms. The first kappa shape index (κ1) is 15.6. The van der Waals surface area contributed by atoms with Gasteiger partial charge >= 0.3 is 0 Å².